The minimum atomic E-state index is -1.15. The van der Waals surface area contributed by atoms with Gasteiger partial charge in [0.25, 0.3) is 5.91 Å². The van der Waals surface area contributed by atoms with Gasteiger partial charge < -0.3 is 21.1 Å². The van der Waals surface area contributed by atoms with Gasteiger partial charge in [0.05, 0.1) is 12.1 Å². The van der Waals surface area contributed by atoms with Crippen LogP contribution in [0.25, 0.3) is 0 Å². The van der Waals surface area contributed by atoms with Crippen LogP contribution < -0.4 is 11.1 Å². The van der Waals surface area contributed by atoms with E-state index in [1.807, 2.05) is 14.1 Å². The third-order valence-corrected chi connectivity index (χ3v) is 10.3. The lowest BCUT2D eigenvalue weighted by molar-refractivity contribution is -0.150. The van der Waals surface area contributed by atoms with Crippen molar-refractivity contribution in [2.45, 2.75) is 26.5 Å². The summed E-state index contributed by atoms with van der Waals surface area (Å²) < 4.78 is 1.63. The molecule has 0 radical (unpaired) electrons. The molecule has 2 aromatic rings. The second kappa shape index (κ2) is 11.5. The molecule has 0 bridgehead atoms. The van der Waals surface area contributed by atoms with Crippen molar-refractivity contribution in [2.24, 2.45) is 0 Å². The Labute approximate surface area is 222 Å². The lowest BCUT2D eigenvalue weighted by atomic mass is 10.0. The molecular formula is C19H23N7O4S5. The first-order valence-electron chi connectivity index (χ1n) is 10.4. The quantitative estimate of drug-likeness (QED) is 0.262. The van der Waals surface area contributed by atoms with Crippen molar-refractivity contribution in [1.29, 1.82) is 0 Å². The molecule has 4 rings (SSSR count). The van der Waals surface area contributed by atoms with Crippen LogP contribution in [0.1, 0.15) is 5.69 Å². The molecule has 11 nitrogen and oxygen atoms in total. The number of β-lactam (4-membered cyclic amide) rings is 1. The Balaban J connectivity index is 1.35. The Bertz CT molecular complexity index is 1150. The van der Waals surface area contributed by atoms with Crippen LogP contribution in [0.2, 0.25) is 0 Å². The Kier molecular flexibility index (Phi) is 8.59. The molecule has 1 fully saturated rings. The van der Waals surface area contributed by atoms with Crippen LogP contribution in [0.4, 0.5) is 5.13 Å². The Morgan fingerprint density at radius 1 is 1.31 bits per heavy atom. The second-order valence-corrected chi connectivity index (χ2v) is 13.4. The first-order valence-corrected chi connectivity index (χ1v) is 15.1. The molecule has 0 spiro atoms. The Morgan fingerprint density at radius 2 is 2.06 bits per heavy atom. The number of carbonyl (C=O) groups is 3. The van der Waals surface area contributed by atoms with Crippen LogP contribution in [0.3, 0.4) is 0 Å². The van der Waals surface area contributed by atoms with Gasteiger partial charge in [-0.2, -0.15) is 0 Å². The molecule has 16 heteroatoms. The zero-order valence-corrected chi connectivity index (χ0v) is 22.9. The fraction of sp³-hybridized carbons (Fsp3) is 0.474. The number of thioether (sulfide) groups is 3. The van der Waals surface area contributed by atoms with E-state index in [2.05, 4.69) is 25.4 Å². The van der Waals surface area contributed by atoms with Crippen LogP contribution in [0, 0.1) is 0 Å². The molecule has 35 heavy (non-hydrogen) atoms. The van der Waals surface area contributed by atoms with E-state index in [9.17, 15) is 19.5 Å². The van der Waals surface area contributed by atoms with Crippen LogP contribution in [0.15, 0.2) is 25.3 Å². The Morgan fingerprint density at radius 3 is 2.71 bits per heavy atom. The zero-order valence-electron chi connectivity index (χ0n) is 18.8. The van der Waals surface area contributed by atoms with Gasteiger partial charge in [-0.15, -0.1) is 33.3 Å². The lowest BCUT2D eigenvalue weighted by Crippen LogP contribution is -2.70. The number of hydrogen-bond acceptors (Lipinski definition) is 13. The maximum atomic E-state index is 12.8. The monoisotopic (exact) mass is 573 g/mol. The number of amides is 2. The van der Waals surface area contributed by atoms with Crippen molar-refractivity contribution in [3.63, 3.8) is 0 Å². The topological polar surface area (TPSA) is 155 Å². The smallest absolute Gasteiger partial charge is 0.352 e. The van der Waals surface area contributed by atoms with E-state index < -0.39 is 23.3 Å². The maximum absolute atomic E-state index is 12.8. The Hall–Kier alpha value is -1.85. The number of thiazole rings is 1. The summed E-state index contributed by atoms with van der Waals surface area (Å²) in [7, 11) is 4.03. The number of nitrogen functional groups attached to an aromatic ring is 1. The molecule has 0 saturated carbocycles. The highest BCUT2D eigenvalue weighted by atomic mass is 32.2. The minimum Gasteiger partial charge on any atom is -0.477 e. The summed E-state index contributed by atoms with van der Waals surface area (Å²) >= 11 is 7.21. The van der Waals surface area contributed by atoms with Gasteiger partial charge in [-0.25, -0.2) is 9.78 Å². The highest BCUT2D eigenvalue weighted by molar-refractivity contribution is 8.03. The van der Waals surface area contributed by atoms with Gasteiger partial charge in [-0.3, -0.25) is 14.5 Å². The fourth-order valence-corrected chi connectivity index (χ4v) is 8.61. The summed E-state index contributed by atoms with van der Waals surface area (Å²) in [4.78, 5) is 44.7. The van der Waals surface area contributed by atoms with E-state index in [-0.39, 0.29) is 18.0 Å². The number of aromatic nitrogens is 3. The van der Waals surface area contributed by atoms with Gasteiger partial charge in [-0.1, -0.05) is 34.9 Å². The van der Waals surface area contributed by atoms with E-state index in [0.717, 1.165) is 21.0 Å². The average Bonchev–Trinajstić information content (AvgIpc) is 3.43. The summed E-state index contributed by atoms with van der Waals surface area (Å²) in [5, 5.41) is 22.6. The predicted octanol–water partition coefficient (Wildman–Crippen LogP) is 1.30. The van der Waals surface area contributed by atoms with Crippen LogP contribution in [0.5, 0.6) is 0 Å². The first-order chi connectivity index (χ1) is 16.7. The van der Waals surface area contributed by atoms with E-state index in [1.165, 1.54) is 51.1 Å². The van der Waals surface area contributed by atoms with Crippen molar-refractivity contribution in [2.75, 3.05) is 43.6 Å². The molecule has 2 aromatic heterocycles. The fourth-order valence-electron chi connectivity index (χ4n) is 3.37. The van der Waals surface area contributed by atoms with Crippen molar-refractivity contribution in [3.05, 3.63) is 22.3 Å². The van der Waals surface area contributed by atoms with Crippen molar-refractivity contribution < 1.29 is 19.5 Å². The van der Waals surface area contributed by atoms with Crippen LogP contribution in [-0.4, -0.2) is 97.2 Å². The number of carboxylic acid groups (broad SMARTS) is 1. The summed E-state index contributed by atoms with van der Waals surface area (Å²) in [5.41, 5.74) is 6.77. The van der Waals surface area contributed by atoms with Crippen molar-refractivity contribution in [3.8, 4) is 0 Å². The van der Waals surface area contributed by atoms with Gasteiger partial charge in [0.1, 0.15) is 17.1 Å². The number of anilines is 1. The number of carboxylic acids is 1. The molecule has 2 amide bonds. The summed E-state index contributed by atoms with van der Waals surface area (Å²) in [6, 6.07) is -0.767. The lowest BCUT2D eigenvalue weighted by Gasteiger charge is -2.49. The van der Waals surface area contributed by atoms with Gasteiger partial charge in [0.15, 0.2) is 13.8 Å². The second-order valence-electron chi connectivity index (χ2n) is 7.84. The number of rotatable bonds is 11. The summed E-state index contributed by atoms with van der Waals surface area (Å²) in [5.74, 6) is -0.189. The number of aliphatic carboxylic acids is 1. The summed E-state index contributed by atoms with van der Waals surface area (Å²) in [6.45, 7) is 0.935. The van der Waals surface area contributed by atoms with Gasteiger partial charge >= 0.3 is 5.97 Å². The van der Waals surface area contributed by atoms with E-state index >= 15 is 0 Å². The number of nitrogens with two attached hydrogens (primary N) is 1. The molecule has 188 valence electrons. The molecule has 0 aliphatic carbocycles. The average molecular weight is 574 g/mol. The zero-order chi connectivity index (χ0) is 25.1. The molecule has 2 atom stereocenters. The third-order valence-electron chi connectivity index (χ3n) is 5.00. The van der Waals surface area contributed by atoms with Crippen LogP contribution >= 0.6 is 58.0 Å². The van der Waals surface area contributed by atoms with Gasteiger partial charge in [0, 0.05) is 29.2 Å². The third kappa shape index (κ3) is 6.29. The van der Waals surface area contributed by atoms with Crippen LogP contribution in [-0.2, 0) is 20.8 Å². The SMILES string of the molecule is CN(C)CCSc1nnc(SCC2=C(C(=O)O)N3C(=O)C(NC(=O)Cc4csc(N)n4)[C@@H]3SC2)s1. The highest BCUT2D eigenvalue weighted by Gasteiger charge is 2.54. The number of fused-ring (bicyclic) bond motifs is 1. The standard InChI is InChI=1S/C19H23N7O4S5/c1-25(2)3-4-31-18-23-24-19(35-18)34-7-9-6-32-15-12(14(28)26(15)13(9)16(29)30)22-11(27)5-10-8-33-17(20)21-10/h8,12,15H,3-7H2,1-2H3,(H2,20,21)(H,22,27)(H,29,30)/t12?,15-/m0/s1. The molecule has 2 aliphatic heterocycles. The normalized spacial score (nSPS) is 19.6. The van der Waals surface area contributed by atoms with Crippen molar-refractivity contribution in [1.82, 2.24) is 30.3 Å². The number of nitrogens with zero attached hydrogens (tertiary/aromatic N) is 5. The first kappa shape index (κ1) is 26.2. The molecule has 1 unspecified atom stereocenters. The minimum absolute atomic E-state index is 0.00544. The largest absolute Gasteiger partial charge is 0.477 e. The molecule has 2 aliphatic rings. The van der Waals surface area contributed by atoms with E-state index in [0.29, 0.717) is 27.9 Å². The van der Waals surface area contributed by atoms with E-state index in [1.54, 1.807) is 17.1 Å². The van der Waals surface area contributed by atoms with Crippen molar-refractivity contribution >= 4 is 80.9 Å². The number of hydrogen-bond donors (Lipinski definition) is 3. The molecule has 4 N–H and O–H groups in total. The molecule has 0 aromatic carbocycles. The summed E-state index contributed by atoms with van der Waals surface area (Å²) in [6.07, 6.45) is 0.00958. The number of nitrogens with one attached hydrogen (secondary N) is 1. The van der Waals surface area contributed by atoms with Gasteiger partial charge in [-0.05, 0) is 19.7 Å². The van der Waals surface area contributed by atoms with E-state index in [4.69, 9.17) is 5.73 Å². The highest BCUT2D eigenvalue weighted by Crippen LogP contribution is 2.42. The number of carbonyl (C=O) groups excluding carboxylic acids is 2. The molecule has 4 heterocycles. The predicted molar refractivity (Wildman–Crippen MR) is 140 cm³/mol. The molecule has 1 saturated heterocycles. The maximum Gasteiger partial charge on any atom is 0.352 e. The van der Waals surface area contributed by atoms with Gasteiger partial charge in [0.2, 0.25) is 5.91 Å². The molecular weight excluding hydrogens is 551 g/mol.